The second-order valence-corrected chi connectivity index (χ2v) is 15.9. The number of carbonyl (C=O) groups is 1. The zero-order valence-electron chi connectivity index (χ0n) is 34.9. The third-order valence-corrected chi connectivity index (χ3v) is 9.98. The minimum atomic E-state index is -0.560. The van der Waals surface area contributed by atoms with Crippen LogP contribution in [0.4, 0.5) is 0 Å². The Morgan fingerprint density at radius 3 is 1.51 bits per heavy atom. The van der Waals surface area contributed by atoms with Crippen LogP contribution in [0, 0.1) is 0 Å². The van der Waals surface area contributed by atoms with Gasteiger partial charge in [-0.15, -0.1) is 0 Å². The van der Waals surface area contributed by atoms with Crippen molar-refractivity contribution >= 4 is 6.29 Å². The molecule has 2 unspecified atom stereocenters. The van der Waals surface area contributed by atoms with Crippen molar-refractivity contribution in [3.05, 3.63) is 12.3 Å². The average Bonchev–Trinajstić information content (AvgIpc) is 3.04. The third-order valence-electron chi connectivity index (χ3n) is 9.98. The number of aliphatic hydroxyl groups is 3. The van der Waals surface area contributed by atoms with Gasteiger partial charge in [0.25, 0.3) is 0 Å². The molecular weight excluding hydrogens is 610 g/mol. The van der Waals surface area contributed by atoms with E-state index in [4.69, 9.17) is 10.2 Å². The molecule has 0 saturated heterocycles. The second kappa shape index (κ2) is 34.1. The van der Waals surface area contributed by atoms with Crippen LogP contribution in [0.3, 0.4) is 0 Å². The van der Waals surface area contributed by atoms with Gasteiger partial charge in [-0.05, 0) is 88.1 Å². The monoisotopic (exact) mass is 700 g/mol. The van der Waals surface area contributed by atoms with Gasteiger partial charge in [0.15, 0.2) is 0 Å². The van der Waals surface area contributed by atoms with E-state index in [1.807, 2.05) is 0 Å². The molecule has 0 aromatic carbocycles. The van der Waals surface area contributed by atoms with Gasteiger partial charge in [0.1, 0.15) is 6.29 Å². The predicted octanol–water partition coefficient (Wildman–Crippen LogP) is 9.67. The Kier molecular flexibility index (Phi) is 36.5. The highest BCUT2D eigenvalue weighted by molar-refractivity contribution is 5.48. The molecule has 49 heavy (non-hydrogen) atoms. The van der Waals surface area contributed by atoms with E-state index >= 15 is 0 Å². The topological polar surface area (TPSA) is 96.3 Å². The van der Waals surface area contributed by atoms with Crippen LogP contribution in [-0.2, 0) is 4.79 Å². The summed E-state index contributed by atoms with van der Waals surface area (Å²) in [4.78, 5) is 15.2. The zero-order valence-corrected chi connectivity index (χ0v) is 34.9. The van der Waals surface area contributed by atoms with Crippen molar-refractivity contribution in [2.75, 3.05) is 33.3 Å². The summed E-state index contributed by atoms with van der Waals surface area (Å²) in [6.45, 7) is 28.5. The number of aliphatic hydroxyl groups excluding tert-OH is 3. The number of carbonyl (C=O) groups excluding carboxylic acids is 1. The van der Waals surface area contributed by atoms with E-state index in [1.54, 1.807) is 6.92 Å². The summed E-state index contributed by atoms with van der Waals surface area (Å²) in [5.74, 6) is 0. The maximum Gasteiger partial charge on any atom is 0.119 e. The van der Waals surface area contributed by atoms with Crippen LogP contribution in [0.15, 0.2) is 12.3 Å². The van der Waals surface area contributed by atoms with Gasteiger partial charge in [-0.25, -0.2) is 0 Å². The molecule has 7 heteroatoms. The van der Waals surface area contributed by atoms with Gasteiger partial charge in [0, 0.05) is 48.9 Å². The molecule has 0 spiro atoms. The van der Waals surface area contributed by atoms with Crippen molar-refractivity contribution in [2.24, 2.45) is 0 Å². The molecule has 0 rings (SSSR count). The largest absolute Gasteiger partial charge is 0.394 e. The quantitative estimate of drug-likeness (QED) is 0.0438. The highest BCUT2D eigenvalue weighted by atomic mass is 16.3. The highest BCUT2D eigenvalue weighted by Crippen LogP contribution is 2.25. The van der Waals surface area contributed by atoms with Gasteiger partial charge in [0.05, 0.1) is 18.8 Å². The van der Waals surface area contributed by atoms with Crippen molar-refractivity contribution < 1.29 is 20.1 Å². The van der Waals surface area contributed by atoms with E-state index in [-0.39, 0.29) is 17.7 Å². The van der Waals surface area contributed by atoms with Crippen molar-refractivity contribution in [1.29, 1.82) is 0 Å². The lowest BCUT2D eigenvalue weighted by Gasteiger charge is -2.44. The summed E-state index contributed by atoms with van der Waals surface area (Å²) in [5, 5.41) is 28.6. The van der Waals surface area contributed by atoms with Crippen molar-refractivity contribution in [1.82, 2.24) is 15.1 Å². The lowest BCUT2D eigenvalue weighted by atomic mass is 9.93. The first-order valence-corrected chi connectivity index (χ1v) is 20.3. The van der Waals surface area contributed by atoms with Gasteiger partial charge in [0.2, 0.25) is 0 Å². The predicted molar refractivity (Wildman–Crippen MR) is 215 cm³/mol. The number of nitrogens with one attached hydrogen (secondary N) is 1. The summed E-state index contributed by atoms with van der Waals surface area (Å²) >= 11 is 0. The first kappa shape index (κ1) is 52.4. The summed E-state index contributed by atoms with van der Waals surface area (Å²) in [6, 6.07) is 0.562. The molecule has 0 fully saturated rings. The van der Waals surface area contributed by atoms with Crippen LogP contribution in [0.5, 0.6) is 0 Å². The molecule has 2 atom stereocenters. The molecule has 0 aliphatic carbocycles. The summed E-state index contributed by atoms with van der Waals surface area (Å²) in [7, 11) is 2.22. The minimum Gasteiger partial charge on any atom is -0.394 e. The summed E-state index contributed by atoms with van der Waals surface area (Å²) in [6.07, 6.45) is 24.9. The number of aldehydes is 1. The number of unbranched alkanes of at least 4 members (excludes halogenated alkanes) is 15. The SMILES string of the molecule is C=C(NCCCN(C)C(C)(C)CCN(C(C)C)C(C)(C)CC)C(C)O.CC(O)CO.CCCCCCCCCCCCCCCCCC=O. The normalized spacial score (nSPS) is 13.1. The Labute approximate surface area is 307 Å². The van der Waals surface area contributed by atoms with Crippen LogP contribution in [-0.4, -0.2) is 94.0 Å². The summed E-state index contributed by atoms with van der Waals surface area (Å²) < 4.78 is 0. The third kappa shape index (κ3) is 33.9. The Morgan fingerprint density at radius 1 is 0.735 bits per heavy atom. The lowest BCUT2D eigenvalue weighted by Crippen LogP contribution is -2.51. The van der Waals surface area contributed by atoms with E-state index in [9.17, 15) is 9.90 Å². The van der Waals surface area contributed by atoms with E-state index in [0.29, 0.717) is 11.7 Å². The number of nitrogens with zero attached hydrogens (tertiary/aromatic N) is 2. The van der Waals surface area contributed by atoms with Gasteiger partial charge in [-0.1, -0.05) is 110 Å². The average molecular weight is 700 g/mol. The van der Waals surface area contributed by atoms with Crippen molar-refractivity contribution in [3.63, 3.8) is 0 Å². The smallest absolute Gasteiger partial charge is 0.119 e. The van der Waals surface area contributed by atoms with E-state index in [2.05, 4.69) is 84.1 Å². The van der Waals surface area contributed by atoms with Crippen LogP contribution < -0.4 is 5.32 Å². The van der Waals surface area contributed by atoms with Crippen LogP contribution in [0.2, 0.25) is 0 Å². The fourth-order valence-corrected chi connectivity index (χ4v) is 5.66. The fraction of sp³-hybridized carbons (Fsp3) is 0.929. The fourth-order valence-electron chi connectivity index (χ4n) is 5.66. The standard InChI is InChI=1S/C21H45N3O.C18H36O.C3H8O2/c1-11-20(6,7)24(17(2)3)16-13-21(8,9)23(10)15-12-14-22-18(4)19(5)25;1-2-3-4-5-6-7-8-9-10-11-12-13-14-15-16-17-18-19;1-3(5)2-4/h17,19,22,25H,4,11-16H2,1-3,5-10H3;18H,2-17H2,1H3;3-5H,2H2,1H3. The number of hydrogen-bond donors (Lipinski definition) is 4. The van der Waals surface area contributed by atoms with Crippen molar-refractivity contribution in [2.45, 2.75) is 221 Å². The molecule has 4 N–H and O–H groups in total. The molecule has 0 aromatic rings. The maximum atomic E-state index is 10.1. The first-order valence-electron chi connectivity index (χ1n) is 20.3. The minimum absolute atomic E-state index is 0.139. The molecule has 0 amide bonds. The Hall–Kier alpha value is -0.990. The first-order chi connectivity index (χ1) is 23.0. The van der Waals surface area contributed by atoms with Gasteiger partial charge in [-0.3, -0.25) is 4.90 Å². The van der Waals surface area contributed by atoms with Crippen molar-refractivity contribution in [3.8, 4) is 0 Å². The molecule has 0 bridgehead atoms. The van der Waals surface area contributed by atoms with Crippen LogP contribution in [0.1, 0.15) is 191 Å². The van der Waals surface area contributed by atoms with E-state index < -0.39 is 12.2 Å². The maximum absolute atomic E-state index is 10.1. The highest BCUT2D eigenvalue weighted by Gasteiger charge is 2.30. The van der Waals surface area contributed by atoms with Crippen LogP contribution in [0.25, 0.3) is 0 Å². The molecule has 0 radical (unpaired) electrons. The molecule has 0 aliphatic rings. The van der Waals surface area contributed by atoms with Gasteiger partial charge in [-0.2, -0.15) is 0 Å². The molecule has 0 saturated carbocycles. The van der Waals surface area contributed by atoms with E-state index in [0.717, 1.165) is 51.6 Å². The molecule has 0 aliphatic heterocycles. The second-order valence-electron chi connectivity index (χ2n) is 15.9. The molecule has 7 nitrogen and oxygen atoms in total. The lowest BCUT2D eigenvalue weighted by molar-refractivity contribution is -0.107. The summed E-state index contributed by atoms with van der Waals surface area (Å²) in [5.41, 5.74) is 1.11. The van der Waals surface area contributed by atoms with Crippen LogP contribution >= 0.6 is 0 Å². The molecule has 0 heterocycles. The Balaban J connectivity index is -0.000000778. The Morgan fingerprint density at radius 2 is 1.16 bits per heavy atom. The van der Waals surface area contributed by atoms with Gasteiger partial charge >= 0.3 is 0 Å². The molecular formula is C42H89N3O4. The Bertz CT molecular complexity index is 725. The molecule has 296 valence electrons. The number of rotatable bonds is 30. The zero-order chi connectivity index (χ0) is 38.1. The number of hydrogen-bond acceptors (Lipinski definition) is 7. The molecule has 0 aromatic heterocycles. The van der Waals surface area contributed by atoms with Gasteiger partial charge < -0.3 is 30.3 Å². The van der Waals surface area contributed by atoms with E-state index in [1.165, 1.54) is 103 Å².